The lowest BCUT2D eigenvalue weighted by Gasteiger charge is -2.31. The predicted octanol–water partition coefficient (Wildman–Crippen LogP) is 4.51. The zero-order valence-electron chi connectivity index (χ0n) is 19.8. The maximum atomic E-state index is 13.5. The van der Waals surface area contributed by atoms with Crippen molar-refractivity contribution in [1.82, 2.24) is 10.2 Å². The van der Waals surface area contributed by atoms with Crippen molar-refractivity contribution < 1.29 is 18.0 Å². The molecular formula is C24H31BrClN3O4S. The lowest BCUT2D eigenvalue weighted by Crippen LogP contribution is -2.51. The molecule has 1 N–H and O–H groups in total. The molecule has 0 spiro atoms. The van der Waals surface area contributed by atoms with Gasteiger partial charge in [0.2, 0.25) is 21.8 Å². The minimum atomic E-state index is -3.78. The van der Waals surface area contributed by atoms with E-state index in [1.165, 1.54) is 4.90 Å². The van der Waals surface area contributed by atoms with Crippen molar-refractivity contribution in [2.75, 3.05) is 23.7 Å². The quantitative estimate of drug-likeness (QED) is 0.402. The van der Waals surface area contributed by atoms with Gasteiger partial charge in [0.15, 0.2) is 0 Å². The molecule has 2 aromatic carbocycles. The molecule has 10 heteroatoms. The van der Waals surface area contributed by atoms with Gasteiger partial charge >= 0.3 is 0 Å². The van der Waals surface area contributed by atoms with Gasteiger partial charge in [-0.05, 0) is 55.7 Å². The number of hydrogen-bond acceptors (Lipinski definition) is 4. The summed E-state index contributed by atoms with van der Waals surface area (Å²) in [5.74, 6) is -0.816. The topological polar surface area (TPSA) is 86.8 Å². The molecule has 0 aromatic heterocycles. The molecule has 0 aliphatic rings. The summed E-state index contributed by atoms with van der Waals surface area (Å²) in [7, 11) is -3.78. The molecule has 0 heterocycles. The van der Waals surface area contributed by atoms with Crippen LogP contribution in [0.5, 0.6) is 0 Å². The van der Waals surface area contributed by atoms with Gasteiger partial charge < -0.3 is 10.2 Å². The molecule has 0 bridgehead atoms. The van der Waals surface area contributed by atoms with Crippen LogP contribution in [0.15, 0.2) is 46.9 Å². The van der Waals surface area contributed by atoms with Gasteiger partial charge in [0.25, 0.3) is 0 Å². The lowest BCUT2D eigenvalue weighted by atomic mass is 10.1. The lowest BCUT2D eigenvalue weighted by molar-refractivity contribution is -0.139. The number of nitrogens with zero attached hydrogens (tertiary/aromatic N) is 2. The second-order valence-corrected chi connectivity index (χ2v) is 11.3. The van der Waals surface area contributed by atoms with Crippen LogP contribution in [-0.2, 0) is 26.2 Å². The Morgan fingerprint density at radius 1 is 1.18 bits per heavy atom. The van der Waals surface area contributed by atoms with Gasteiger partial charge in [-0.1, -0.05) is 59.1 Å². The predicted molar refractivity (Wildman–Crippen MR) is 140 cm³/mol. The number of halogens is 2. The summed E-state index contributed by atoms with van der Waals surface area (Å²) in [4.78, 5) is 27.7. The van der Waals surface area contributed by atoms with Crippen molar-refractivity contribution >= 4 is 55.1 Å². The number of aryl methyl sites for hydroxylation is 1. The van der Waals surface area contributed by atoms with Crippen molar-refractivity contribution in [1.29, 1.82) is 0 Å². The molecule has 2 amide bonds. The molecule has 7 nitrogen and oxygen atoms in total. The highest BCUT2D eigenvalue weighted by Crippen LogP contribution is 2.25. The molecule has 1 atom stereocenters. The summed E-state index contributed by atoms with van der Waals surface area (Å²) in [6.07, 6.45) is 2.80. The molecule has 0 saturated heterocycles. The van der Waals surface area contributed by atoms with Crippen LogP contribution < -0.4 is 9.62 Å². The van der Waals surface area contributed by atoms with Crippen molar-refractivity contribution in [3.8, 4) is 0 Å². The first-order chi connectivity index (χ1) is 16.0. The van der Waals surface area contributed by atoms with Gasteiger partial charge in [0.05, 0.1) is 11.9 Å². The Hall–Kier alpha value is -2.10. The summed E-state index contributed by atoms with van der Waals surface area (Å²) < 4.78 is 27.1. The first kappa shape index (κ1) is 28.1. The smallest absolute Gasteiger partial charge is 0.244 e. The Morgan fingerprint density at radius 3 is 2.44 bits per heavy atom. The highest BCUT2D eigenvalue weighted by Gasteiger charge is 2.30. The average Bonchev–Trinajstić information content (AvgIpc) is 2.77. The molecule has 186 valence electrons. The maximum Gasteiger partial charge on any atom is 0.244 e. The summed E-state index contributed by atoms with van der Waals surface area (Å²) in [5, 5.41) is 3.31. The first-order valence-electron chi connectivity index (χ1n) is 11.0. The Balaban J connectivity index is 2.38. The van der Waals surface area contributed by atoms with E-state index in [2.05, 4.69) is 21.2 Å². The van der Waals surface area contributed by atoms with E-state index < -0.39 is 28.5 Å². The minimum Gasteiger partial charge on any atom is -0.354 e. The third kappa shape index (κ3) is 7.71. The van der Waals surface area contributed by atoms with E-state index in [4.69, 9.17) is 11.6 Å². The number of benzene rings is 2. The zero-order valence-corrected chi connectivity index (χ0v) is 23.0. The molecule has 0 saturated carbocycles. The Morgan fingerprint density at radius 2 is 1.85 bits per heavy atom. The van der Waals surface area contributed by atoms with E-state index in [1.807, 2.05) is 13.8 Å². The van der Waals surface area contributed by atoms with E-state index in [9.17, 15) is 18.0 Å². The minimum absolute atomic E-state index is 0.0673. The summed E-state index contributed by atoms with van der Waals surface area (Å²) in [5.41, 5.74) is 1.86. The van der Waals surface area contributed by atoms with Crippen LogP contribution in [0.3, 0.4) is 0 Å². The van der Waals surface area contributed by atoms with Crippen LogP contribution in [0.1, 0.15) is 37.8 Å². The van der Waals surface area contributed by atoms with Crippen LogP contribution >= 0.6 is 27.5 Å². The van der Waals surface area contributed by atoms with Crippen LogP contribution in [0.2, 0.25) is 5.02 Å². The largest absolute Gasteiger partial charge is 0.354 e. The third-order valence-corrected chi connectivity index (χ3v) is 7.80. The highest BCUT2D eigenvalue weighted by atomic mass is 79.9. The third-order valence-electron chi connectivity index (χ3n) is 5.40. The molecule has 1 unspecified atom stereocenters. The van der Waals surface area contributed by atoms with E-state index in [0.29, 0.717) is 22.8 Å². The van der Waals surface area contributed by atoms with E-state index in [-0.39, 0.29) is 12.5 Å². The van der Waals surface area contributed by atoms with Crippen molar-refractivity contribution in [2.24, 2.45) is 0 Å². The SMILES string of the molecule is CCCCNC(=O)C(C)N(Cc1ccccc1Cl)C(=O)CN(c1ccc(Br)c(C)c1)S(C)(=O)=O. The zero-order chi connectivity index (χ0) is 25.5. The fraction of sp³-hybridized carbons (Fsp3) is 0.417. The highest BCUT2D eigenvalue weighted by molar-refractivity contribution is 9.10. The van der Waals surface area contributed by atoms with Gasteiger partial charge in [-0.25, -0.2) is 8.42 Å². The number of anilines is 1. The molecule has 34 heavy (non-hydrogen) atoms. The number of rotatable bonds is 11. The van der Waals surface area contributed by atoms with Gasteiger partial charge in [-0.15, -0.1) is 0 Å². The molecule has 0 aliphatic carbocycles. The maximum absolute atomic E-state index is 13.5. The van der Waals surface area contributed by atoms with Crippen LogP contribution in [0, 0.1) is 6.92 Å². The number of sulfonamides is 1. The standard InChI is InChI=1S/C24H31BrClN3O4S/c1-5-6-13-27-24(31)18(3)28(15-19-9-7-8-10-22(19)26)23(30)16-29(34(4,32)33)20-11-12-21(25)17(2)14-20/h7-12,14,18H,5-6,13,15-16H2,1-4H3,(H,27,31). The van der Waals surface area contributed by atoms with E-state index in [0.717, 1.165) is 33.4 Å². The van der Waals surface area contributed by atoms with Gasteiger partial charge in [-0.2, -0.15) is 0 Å². The number of carbonyl (C=O) groups excluding carboxylic acids is 2. The summed E-state index contributed by atoms with van der Waals surface area (Å²) in [6, 6.07) is 11.3. The van der Waals surface area contributed by atoms with Crippen LogP contribution in [-0.4, -0.2) is 50.5 Å². The van der Waals surface area contributed by atoms with Gasteiger partial charge in [0, 0.05) is 22.6 Å². The van der Waals surface area contributed by atoms with Gasteiger partial charge in [0.1, 0.15) is 12.6 Å². The summed E-state index contributed by atoms with van der Waals surface area (Å²) in [6.45, 7) is 5.61. The fourth-order valence-corrected chi connectivity index (χ4v) is 4.61. The monoisotopic (exact) mass is 571 g/mol. The van der Waals surface area contributed by atoms with Crippen molar-refractivity contribution in [3.05, 3.63) is 63.1 Å². The fourth-order valence-electron chi connectivity index (χ4n) is 3.33. The summed E-state index contributed by atoms with van der Waals surface area (Å²) >= 11 is 9.72. The molecule has 0 radical (unpaired) electrons. The second kappa shape index (κ2) is 12.6. The average molecular weight is 573 g/mol. The first-order valence-corrected chi connectivity index (χ1v) is 14.0. The molecule has 0 fully saturated rings. The number of amides is 2. The second-order valence-electron chi connectivity index (χ2n) is 8.14. The van der Waals surface area contributed by atoms with E-state index in [1.54, 1.807) is 49.4 Å². The number of nitrogens with one attached hydrogen (secondary N) is 1. The van der Waals surface area contributed by atoms with Crippen LogP contribution in [0.4, 0.5) is 5.69 Å². The Labute approximate surface area is 215 Å². The van der Waals surface area contributed by atoms with Crippen LogP contribution in [0.25, 0.3) is 0 Å². The van der Waals surface area contributed by atoms with Crippen molar-refractivity contribution in [2.45, 2.75) is 46.2 Å². The van der Waals surface area contributed by atoms with Gasteiger partial charge in [-0.3, -0.25) is 13.9 Å². The Kier molecular flexibility index (Phi) is 10.4. The number of unbranched alkanes of at least 4 members (excludes halogenated alkanes) is 1. The number of carbonyl (C=O) groups is 2. The normalized spacial score (nSPS) is 12.2. The number of hydrogen-bond donors (Lipinski definition) is 1. The van der Waals surface area contributed by atoms with E-state index >= 15 is 0 Å². The van der Waals surface area contributed by atoms with Crippen molar-refractivity contribution in [3.63, 3.8) is 0 Å². The molecular weight excluding hydrogens is 542 g/mol. The molecule has 2 rings (SSSR count). The molecule has 0 aliphatic heterocycles. The molecule has 2 aromatic rings. The Bertz CT molecular complexity index is 1130.